The van der Waals surface area contributed by atoms with Gasteiger partial charge in [0.25, 0.3) is 0 Å². The normalized spacial score (nSPS) is 12.8. The number of nitrogens with one attached hydrogen (secondary N) is 1. The van der Waals surface area contributed by atoms with E-state index >= 15 is 0 Å². The highest BCUT2D eigenvalue weighted by Crippen LogP contribution is 2.01. The van der Waals surface area contributed by atoms with E-state index in [0.29, 0.717) is 12.8 Å². The van der Waals surface area contributed by atoms with E-state index in [-0.39, 0.29) is 6.54 Å². The highest BCUT2D eigenvalue weighted by molar-refractivity contribution is 7.90. The summed E-state index contributed by atoms with van der Waals surface area (Å²) >= 11 is 0. The molecular weight excluding hydrogens is 230 g/mol. The summed E-state index contributed by atoms with van der Waals surface area (Å²) in [5, 5.41) is -1.19. The van der Waals surface area contributed by atoms with Crippen molar-refractivity contribution in [3.8, 4) is 12.3 Å². The van der Waals surface area contributed by atoms with Gasteiger partial charge in [-0.25, -0.2) is 13.1 Å². The minimum absolute atomic E-state index is 0.283. The molecule has 0 aliphatic carbocycles. The first-order valence-corrected chi connectivity index (χ1v) is 6.50. The number of esters is 1. The van der Waals surface area contributed by atoms with E-state index in [0.717, 1.165) is 13.5 Å². The third kappa shape index (κ3) is 5.14. The minimum atomic E-state index is -3.64. The van der Waals surface area contributed by atoms with Crippen LogP contribution in [0.4, 0.5) is 0 Å². The fraction of sp³-hybridized carbons (Fsp3) is 0.700. The molecule has 1 unspecified atom stereocenters. The Morgan fingerprint density at radius 3 is 2.62 bits per heavy atom. The zero-order valence-corrected chi connectivity index (χ0v) is 10.3. The lowest BCUT2D eigenvalue weighted by atomic mass is 10.2. The summed E-state index contributed by atoms with van der Waals surface area (Å²) in [7, 11) is -2.48. The zero-order valence-electron chi connectivity index (χ0n) is 9.52. The van der Waals surface area contributed by atoms with Gasteiger partial charge in [0.2, 0.25) is 10.0 Å². The average Bonchev–Trinajstić information content (AvgIpc) is 2.26. The molecule has 0 aromatic carbocycles. The Labute approximate surface area is 96.6 Å². The number of carbonyl (C=O) groups is 1. The van der Waals surface area contributed by atoms with E-state index in [1.54, 1.807) is 0 Å². The van der Waals surface area contributed by atoms with Crippen LogP contribution < -0.4 is 4.72 Å². The van der Waals surface area contributed by atoms with Gasteiger partial charge in [-0.3, -0.25) is 4.79 Å². The largest absolute Gasteiger partial charge is 0.468 e. The first-order chi connectivity index (χ1) is 7.45. The van der Waals surface area contributed by atoms with E-state index in [9.17, 15) is 13.2 Å². The monoisotopic (exact) mass is 247 g/mol. The summed E-state index contributed by atoms with van der Waals surface area (Å²) < 4.78 is 29.7. The highest BCUT2D eigenvalue weighted by Gasteiger charge is 2.27. The van der Waals surface area contributed by atoms with Gasteiger partial charge in [0, 0.05) is 13.0 Å². The van der Waals surface area contributed by atoms with Crippen molar-refractivity contribution in [2.45, 2.75) is 31.4 Å². The summed E-state index contributed by atoms with van der Waals surface area (Å²) in [6, 6.07) is 0. The molecule has 92 valence electrons. The van der Waals surface area contributed by atoms with E-state index in [4.69, 9.17) is 6.42 Å². The van der Waals surface area contributed by atoms with Gasteiger partial charge < -0.3 is 4.74 Å². The van der Waals surface area contributed by atoms with Gasteiger partial charge in [-0.2, -0.15) is 0 Å². The van der Waals surface area contributed by atoms with Gasteiger partial charge >= 0.3 is 5.97 Å². The maximum absolute atomic E-state index is 11.5. The second kappa shape index (κ2) is 7.25. The number of methoxy groups -OCH3 is 1. The molecule has 0 bridgehead atoms. The Kier molecular flexibility index (Phi) is 6.77. The quantitative estimate of drug-likeness (QED) is 0.398. The number of rotatable bonds is 7. The molecule has 0 fully saturated rings. The van der Waals surface area contributed by atoms with Gasteiger partial charge in [-0.15, -0.1) is 12.3 Å². The van der Waals surface area contributed by atoms with Crippen molar-refractivity contribution in [3.63, 3.8) is 0 Å². The Hall–Kier alpha value is -1.06. The molecule has 0 aliphatic heterocycles. The van der Waals surface area contributed by atoms with Crippen LogP contribution in [0.25, 0.3) is 0 Å². The SMILES string of the molecule is C#CCCCCNS(=O)(=O)C(C)C(=O)OC. The number of terminal acetylenes is 1. The Bertz CT molecular complexity index is 356. The van der Waals surface area contributed by atoms with Crippen molar-refractivity contribution < 1.29 is 17.9 Å². The van der Waals surface area contributed by atoms with Gasteiger partial charge in [0.05, 0.1) is 7.11 Å². The third-order valence-electron chi connectivity index (χ3n) is 2.05. The third-order valence-corrected chi connectivity index (χ3v) is 3.78. The molecule has 0 aromatic rings. The molecule has 0 rings (SSSR count). The number of sulfonamides is 1. The maximum atomic E-state index is 11.5. The van der Waals surface area contributed by atoms with Crippen LogP contribution >= 0.6 is 0 Å². The van der Waals surface area contributed by atoms with Crippen LogP contribution in [-0.4, -0.2) is 33.3 Å². The van der Waals surface area contributed by atoms with Crippen LogP contribution in [-0.2, 0) is 19.6 Å². The molecule has 0 aliphatic rings. The van der Waals surface area contributed by atoms with Crippen molar-refractivity contribution in [3.05, 3.63) is 0 Å². The number of unbranched alkanes of at least 4 members (excludes halogenated alkanes) is 2. The zero-order chi connectivity index (χ0) is 12.6. The van der Waals surface area contributed by atoms with Crippen LogP contribution in [0.3, 0.4) is 0 Å². The van der Waals surface area contributed by atoms with E-state index in [1.165, 1.54) is 6.92 Å². The first-order valence-electron chi connectivity index (χ1n) is 4.95. The number of hydrogen-bond donors (Lipinski definition) is 1. The molecule has 0 saturated carbocycles. The molecule has 0 saturated heterocycles. The van der Waals surface area contributed by atoms with Crippen molar-refractivity contribution in [2.75, 3.05) is 13.7 Å². The van der Waals surface area contributed by atoms with Gasteiger partial charge in [0.1, 0.15) is 0 Å². The Morgan fingerprint density at radius 1 is 1.50 bits per heavy atom. The lowest BCUT2D eigenvalue weighted by molar-refractivity contribution is -0.139. The summed E-state index contributed by atoms with van der Waals surface area (Å²) in [5.41, 5.74) is 0. The molecule has 0 radical (unpaired) electrons. The van der Waals surface area contributed by atoms with Gasteiger partial charge in [-0.1, -0.05) is 0 Å². The molecular formula is C10H17NO4S. The molecule has 0 aromatic heterocycles. The first kappa shape index (κ1) is 14.9. The second-order valence-corrected chi connectivity index (χ2v) is 5.35. The lowest BCUT2D eigenvalue weighted by Gasteiger charge is -2.11. The van der Waals surface area contributed by atoms with E-state index < -0.39 is 21.2 Å². The second-order valence-electron chi connectivity index (χ2n) is 3.27. The topological polar surface area (TPSA) is 72.5 Å². The van der Waals surface area contributed by atoms with Crippen LogP contribution in [0.2, 0.25) is 0 Å². The van der Waals surface area contributed by atoms with E-state index in [2.05, 4.69) is 15.4 Å². The van der Waals surface area contributed by atoms with E-state index in [1.807, 2.05) is 0 Å². The maximum Gasteiger partial charge on any atom is 0.325 e. The standard InChI is InChI=1S/C10H17NO4S/c1-4-5-6-7-8-11-16(13,14)9(2)10(12)15-3/h1,9,11H,5-8H2,2-3H3. The summed E-state index contributed by atoms with van der Waals surface area (Å²) in [4.78, 5) is 11.0. The van der Waals surface area contributed by atoms with Crippen molar-refractivity contribution in [1.29, 1.82) is 0 Å². The average molecular weight is 247 g/mol. The molecule has 16 heavy (non-hydrogen) atoms. The fourth-order valence-electron chi connectivity index (χ4n) is 0.984. The Morgan fingerprint density at radius 2 is 2.12 bits per heavy atom. The Balaban J connectivity index is 4.06. The fourth-order valence-corrected chi connectivity index (χ4v) is 2.01. The smallest absolute Gasteiger partial charge is 0.325 e. The van der Waals surface area contributed by atoms with Crippen molar-refractivity contribution >= 4 is 16.0 Å². The van der Waals surface area contributed by atoms with Crippen LogP contribution in [0.15, 0.2) is 0 Å². The number of carbonyl (C=O) groups excluding carboxylic acids is 1. The predicted octanol–water partition coefficient (Wildman–Crippen LogP) is 0.271. The van der Waals surface area contributed by atoms with Crippen LogP contribution in [0.1, 0.15) is 26.2 Å². The van der Waals surface area contributed by atoms with Crippen molar-refractivity contribution in [2.24, 2.45) is 0 Å². The summed E-state index contributed by atoms with van der Waals surface area (Å²) in [5.74, 6) is 1.70. The molecule has 6 heteroatoms. The number of ether oxygens (including phenoxy) is 1. The molecule has 0 heterocycles. The van der Waals surface area contributed by atoms with Gasteiger partial charge in [-0.05, 0) is 19.8 Å². The summed E-state index contributed by atoms with van der Waals surface area (Å²) in [6.45, 7) is 1.57. The molecule has 5 nitrogen and oxygen atoms in total. The van der Waals surface area contributed by atoms with Crippen LogP contribution in [0.5, 0.6) is 0 Å². The lowest BCUT2D eigenvalue weighted by Crippen LogP contribution is -2.38. The molecule has 0 amide bonds. The molecule has 1 N–H and O–H groups in total. The highest BCUT2D eigenvalue weighted by atomic mass is 32.2. The van der Waals surface area contributed by atoms with Crippen LogP contribution in [0, 0.1) is 12.3 Å². The molecule has 0 spiro atoms. The molecule has 1 atom stereocenters. The number of hydrogen-bond acceptors (Lipinski definition) is 4. The summed E-state index contributed by atoms with van der Waals surface area (Å²) in [6.07, 6.45) is 7.08. The van der Waals surface area contributed by atoms with Gasteiger partial charge in [0.15, 0.2) is 5.25 Å². The minimum Gasteiger partial charge on any atom is -0.468 e. The van der Waals surface area contributed by atoms with Crippen molar-refractivity contribution in [1.82, 2.24) is 4.72 Å². The predicted molar refractivity (Wildman–Crippen MR) is 61.1 cm³/mol.